The van der Waals surface area contributed by atoms with Crippen molar-refractivity contribution in [3.05, 3.63) is 41.5 Å². The van der Waals surface area contributed by atoms with E-state index in [1.807, 2.05) is 16.8 Å². The van der Waals surface area contributed by atoms with Gasteiger partial charge in [0.15, 0.2) is 5.82 Å². The molecule has 0 radical (unpaired) electrons. The van der Waals surface area contributed by atoms with Gasteiger partial charge >= 0.3 is 0 Å². The monoisotopic (exact) mass is 357 g/mol. The number of rotatable bonds is 6. The zero-order valence-electron chi connectivity index (χ0n) is 15.4. The Morgan fingerprint density at radius 1 is 1.04 bits per heavy atom. The van der Waals surface area contributed by atoms with Crippen LogP contribution in [0.15, 0.2) is 24.3 Å². The second kappa shape index (κ2) is 7.82. The molecule has 1 aromatic carbocycles. The Morgan fingerprint density at radius 3 is 2.42 bits per heavy atom. The molecule has 2 aromatic rings. The van der Waals surface area contributed by atoms with Crippen LogP contribution >= 0.6 is 0 Å². The SMILES string of the molecule is CC(NC(c1ccc(F)cc1)C1CCC1)c1nnnn1C1CCCCC1. The van der Waals surface area contributed by atoms with E-state index in [9.17, 15) is 4.39 Å². The summed E-state index contributed by atoms with van der Waals surface area (Å²) in [4.78, 5) is 0. The van der Waals surface area contributed by atoms with Crippen LogP contribution in [0.1, 0.15) is 87.8 Å². The van der Waals surface area contributed by atoms with Crippen molar-refractivity contribution >= 4 is 0 Å². The maximum absolute atomic E-state index is 13.3. The first-order chi connectivity index (χ1) is 12.7. The Bertz CT molecular complexity index is 703. The average molecular weight is 357 g/mol. The number of nitrogens with one attached hydrogen (secondary N) is 1. The molecular weight excluding hydrogens is 329 g/mol. The van der Waals surface area contributed by atoms with Gasteiger partial charge in [-0.3, -0.25) is 0 Å². The molecule has 1 heterocycles. The molecule has 6 heteroatoms. The molecule has 26 heavy (non-hydrogen) atoms. The minimum Gasteiger partial charge on any atom is -0.300 e. The third-order valence-corrected chi connectivity index (χ3v) is 6.11. The molecule has 2 unspecified atom stereocenters. The van der Waals surface area contributed by atoms with Crippen LogP contribution in [0.4, 0.5) is 4.39 Å². The third-order valence-electron chi connectivity index (χ3n) is 6.11. The number of halogens is 1. The number of aromatic nitrogens is 4. The van der Waals surface area contributed by atoms with Crippen molar-refractivity contribution in [2.24, 2.45) is 5.92 Å². The van der Waals surface area contributed by atoms with E-state index in [1.54, 1.807) is 12.1 Å². The summed E-state index contributed by atoms with van der Waals surface area (Å²) in [5.74, 6) is 1.33. The lowest BCUT2D eigenvalue weighted by molar-refractivity contribution is 0.213. The minimum atomic E-state index is -0.185. The molecule has 0 bridgehead atoms. The van der Waals surface area contributed by atoms with Crippen molar-refractivity contribution in [2.45, 2.75) is 76.4 Å². The van der Waals surface area contributed by atoms with Crippen molar-refractivity contribution < 1.29 is 4.39 Å². The predicted octanol–water partition coefficient (Wildman–Crippen LogP) is 4.51. The van der Waals surface area contributed by atoms with Gasteiger partial charge in [-0.25, -0.2) is 9.07 Å². The van der Waals surface area contributed by atoms with Crippen LogP contribution in [-0.4, -0.2) is 20.2 Å². The molecule has 4 rings (SSSR count). The van der Waals surface area contributed by atoms with E-state index in [1.165, 1.54) is 38.5 Å². The first kappa shape index (κ1) is 17.6. The largest absolute Gasteiger partial charge is 0.300 e. The Hall–Kier alpha value is -1.82. The molecule has 2 fully saturated rings. The Morgan fingerprint density at radius 2 is 1.77 bits per heavy atom. The van der Waals surface area contributed by atoms with Crippen LogP contribution in [0, 0.1) is 11.7 Å². The maximum Gasteiger partial charge on any atom is 0.168 e. The normalized spacial score (nSPS) is 21.3. The van der Waals surface area contributed by atoms with Gasteiger partial charge in [0, 0.05) is 6.04 Å². The first-order valence-corrected chi connectivity index (χ1v) is 10.0. The lowest BCUT2D eigenvalue weighted by Crippen LogP contribution is -2.35. The van der Waals surface area contributed by atoms with Crippen molar-refractivity contribution in [1.29, 1.82) is 0 Å². The summed E-state index contributed by atoms with van der Waals surface area (Å²) in [5.41, 5.74) is 1.15. The molecule has 2 aliphatic rings. The molecule has 1 N–H and O–H groups in total. The van der Waals surface area contributed by atoms with Crippen molar-refractivity contribution in [3.63, 3.8) is 0 Å². The summed E-state index contributed by atoms with van der Waals surface area (Å²) >= 11 is 0. The molecule has 0 spiro atoms. The van der Waals surface area contributed by atoms with Gasteiger partial charge in [-0.1, -0.05) is 37.8 Å². The highest BCUT2D eigenvalue weighted by atomic mass is 19.1. The lowest BCUT2D eigenvalue weighted by Gasteiger charge is -2.36. The van der Waals surface area contributed by atoms with Gasteiger partial charge in [0.1, 0.15) is 5.82 Å². The van der Waals surface area contributed by atoms with E-state index in [-0.39, 0.29) is 17.9 Å². The van der Waals surface area contributed by atoms with E-state index in [0.717, 1.165) is 24.2 Å². The quantitative estimate of drug-likeness (QED) is 0.826. The summed E-state index contributed by atoms with van der Waals surface area (Å²) in [5, 5.41) is 16.3. The summed E-state index contributed by atoms with van der Waals surface area (Å²) < 4.78 is 15.4. The molecule has 0 aliphatic heterocycles. The topological polar surface area (TPSA) is 55.6 Å². The number of tetrazole rings is 1. The third kappa shape index (κ3) is 3.65. The standard InChI is InChI=1S/C20H28FN5/c1-14(20-23-24-25-26(20)18-8-3-2-4-9-18)22-19(15-6-5-7-15)16-10-12-17(21)13-11-16/h10-15,18-19,22H,2-9H2,1H3. The van der Waals surface area contributed by atoms with Crippen LogP contribution in [0.5, 0.6) is 0 Å². The zero-order chi connectivity index (χ0) is 17.9. The second-order valence-electron chi connectivity index (χ2n) is 7.88. The van der Waals surface area contributed by atoms with Gasteiger partial charge in [-0.2, -0.15) is 0 Å². The summed E-state index contributed by atoms with van der Waals surface area (Å²) in [7, 11) is 0. The van der Waals surface area contributed by atoms with Gasteiger partial charge in [-0.05, 0) is 66.6 Å². The van der Waals surface area contributed by atoms with Gasteiger partial charge in [-0.15, -0.1) is 5.10 Å². The molecule has 0 amide bonds. The smallest absolute Gasteiger partial charge is 0.168 e. The molecule has 5 nitrogen and oxygen atoms in total. The van der Waals surface area contributed by atoms with Crippen LogP contribution in [-0.2, 0) is 0 Å². The summed E-state index contributed by atoms with van der Waals surface area (Å²) in [6.45, 7) is 2.14. The van der Waals surface area contributed by atoms with Gasteiger partial charge in [0.25, 0.3) is 0 Å². The van der Waals surface area contributed by atoms with E-state index >= 15 is 0 Å². The van der Waals surface area contributed by atoms with Gasteiger partial charge in [0.05, 0.1) is 12.1 Å². The highest BCUT2D eigenvalue weighted by Gasteiger charge is 2.31. The van der Waals surface area contributed by atoms with Crippen molar-refractivity contribution in [1.82, 2.24) is 25.5 Å². The second-order valence-corrected chi connectivity index (χ2v) is 7.88. The van der Waals surface area contributed by atoms with Gasteiger partial charge < -0.3 is 5.32 Å². The lowest BCUT2D eigenvalue weighted by atomic mass is 9.77. The molecule has 2 atom stereocenters. The minimum absolute atomic E-state index is 0.0579. The van der Waals surface area contributed by atoms with E-state index < -0.39 is 0 Å². The van der Waals surface area contributed by atoms with E-state index in [4.69, 9.17) is 0 Å². The molecule has 2 aliphatic carbocycles. The molecule has 140 valence electrons. The summed E-state index contributed by atoms with van der Waals surface area (Å²) in [6, 6.07) is 7.62. The predicted molar refractivity (Wildman–Crippen MR) is 98.0 cm³/mol. The average Bonchev–Trinajstić information content (AvgIpc) is 3.11. The summed E-state index contributed by atoms with van der Waals surface area (Å²) in [6.07, 6.45) is 9.86. The van der Waals surface area contributed by atoms with Gasteiger partial charge in [0.2, 0.25) is 0 Å². The number of benzene rings is 1. The van der Waals surface area contributed by atoms with Crippen LogP contribution < -0.4 is 5.32 Å². The number of nitrogens with zero attached hydrogens (tertiary/aromatic N) is 4. The fourth-order valence-corrected chi connectivity index (χ4v) is 4.36. The van der Waals surface area contributed by atoms with Crippen LogP contribution in [0.3, 0.4) is 0 Å². The maximum atomic E-state index is 13.3. The van der Waals surface area contributed by atoms with Crippen molar-refractivity contribution in [3.8, 4) is 0 Å². The Balaban J connectivity index is 1.52. The molecule has 0 saturated heterocycles. The van der Waals surface area contributed by atoms with Crippen molar-refractivity contribution in [2.75, 3.05) is 0 Å². The van der Waals surface area contributed by atoms with E-state index in [2.05, 4.69) is 27.8 Å². The van der Waals surface area contributed by atoms with Crippen LogP contribution in [0.25, 0.3) is 0 Å². The highest BCUT2D eigenvalue weighted by Crippen LogP contribution is 2.39. The molecular formula is C20H28FN5. The van der Waals surface area contributed by atoms with Crippen LogP contribution in [0.2, 0.25) is 0 Å². The zero-order valence-corrected chi connectivity index (χ0v) is 15.4. The highest BCUT2D eigenvalue weighted by molar-refractivity contribution is 5.21. The number of hydrogen-bond acceptors (Lipinski definition) is 4. The first-order valence-electron chi connectivity index (χ1n) is 10.0. The molecule has 2 saturated carbocycles. The fourth-order valence-electron chi connectivity index (χ4n) is 4.36. The molecule has 1 aromatic heterocycles. The van der Waals surface area contributed by atoms with E-state index in [0.29, 0.717) is 12.0 Å². The fraction of sp³-hybridized carbons (Fsp3) is 0.650. The Kier molecular flexibility index (Phi) is 5.29. The number of hydrogen-bond donors (Lipinski definition) is 1. The Labute approximate surface area is 154 Å².